The summed E-state index contributed by atoms with van der Waals surface area (Å²) >= 11 is 1.45. The van der Waals surface area contributed by atoms with Gasteiger partial charge in [0.1, 0.15) is 0 Å². The maximum absolute atomic E-state index is 11.9. The number of aliphatic hydroxyl groups is 1. The fourth-order valence-corrected chi connectivity index (χ4v) is 2.38. The molecule has 1 aromatic rings. The highest BCUT2D eigenvalue weighted by Gasteiger charge is 2.18. The second kappa shape index (κ2) is 6.01. The Morgan fingerprint density at radius 2 is 2.25 bits per heavy atom. The summed E-state index contributed by atoms with van der Waals surface area (Å²) in [7, 11) is 0. The molecule has 3 nitrogen and oxygen atoms in total. The molecule has 0 aliphatic carbocycles. The Balaban J connectivity index is 2.65. The predicted octanol–water partition coefficient (Wildman–Crippen LogP) is 2.19. The highest BCUT2D eigenvalue weighted by Crippen LogP contribution is 2.16. The lowest BCUT2D eigenvalue weighted by atomic mass is 10.0. The van der Waals surface area contributed by atoms with Crippen LogP contribution in [0.4, 0.5) is 0 Å². The molecule has 2 N–H and O–H groups in total. The van der Waals surface area contributed by atoms with Gasteiger partial charge in [0.2, 0.25) is 0 Å². The highest BCUT2D eigenvalue weighted by molar-refractivity contribution is 7.12. The average Bonchev–Trinajstić information content (AvgIpc) is 2.63. The van der Waals surface area contributed by atoms with Gasteiger partial charge in [0, 0.05) is 12.6 Å². The van der Waals surface area contributed by atoms with Crippen LogP contribution in [0.5, 0.6) is 0 Å². The van der Waals surface area contributed by atoms with Crippen LogP contribution in [0.25, 0.3) is 0 Å². The van der Waals surface area contributed by atoms with E-state index in [0.29, 0.717) is 12.3 Å². The number of hydrogen-bond acceptors (Lipinski definition) is 3. The zero-order valence-electron chi connectivity index (χ0n) is 9.99. The molecule has 0 saturated heterocycles. The third-order valence-corrected chi connectivity index (χ3v) is 3.64. The van der Waals surface area contributed by atoms with Crippen molar-refractivity contribution >= 4 is 17.2 Å². The molecule has 0 aromatic carbocycles. The molecule has 90 valence electrons. The Bertz CT molecular complexity index is 347. The minimum absolute atomic E-state index is 0.0281. The Morgan fingerprint density at radius 1 is 1.56 bits per heavy atom. The predicted molar refractivity (Wildman–Crippen MR) is 66.9 cm³/mol. The maximum Gasteiger partial charge on any atom is 0.261 e. The zero-order valence-corrected chi connectivity index (χ0v) is 10.8. The van der Waals surface area contributed by atoms with Gasteiger partial charge < -0.3 is 10.4 Å². The molecule has 0 bridgehead atoms. The Labute approximate surface area is 100 Å². The van der Waals surface area contributed by atoms with E-state index in [1.165, 1.54) is 11.3 Å². The molecule has 1 atom stereocenters. The lowest BCUT2D eigenvalue weighted by Gasteiger charge is -2.21. The second-order valence-electron chi connectivity index (χ2n) is 4.27. The van der Waals surface area contributed by atoms with Crippen molar-refractivity contribution in [3.8, 4) is 0 Å². The number of nitrogens with one attached hydrogen (secondary N) is 1. The Morgan fingerprint density at radius 3 is 2.69 bits per heavy atom. The van der Waals surface area contributed by atoms with E-state index in [4.69, 9.17) is 5.11 Å². The van der Waals surface area contributed by atoms with Gasteiger partial charge in [-0.25, -0.2) is 0 Å². The van der Waals surface area contributed by atoms with E-state index in [1.54, 1.807) is 0 Å². The molecule has 0 saturated carbocycles. The third-order valence-electron chi connectivity index (χ3n) is 2.63. The first-order valence-corrected chi connectivity index (χ1v) is 6.40. The molecule has 1 unspecified atom stereocenters. The highest BCUT2D eigenvalue weighted by atomic mass is 32.1. The molecule has 0 aliphatic heterocycles. The van der Waals surface area contributed by atoms with E-state index in [9.17, 15) is 4.79 Å². The normalized spacial score (nSPS) is 12.8. The molecule has 1 rings (SSSR count). The van der Waals surface area contributed by atoms with Crippen molar-refractivity contribution in [2.45, 2.75) is 33.2 Å². The molecule has 1 amide bonds. The van der Waals surface area contributed by atoms with Crippen LogP contribution in [0.1, 0.15) is 35.5 Å². The number of aliphatic hydroxyl groups excluding tert-OH is 1. The van der Waals surface area contributed by atoms with Crippen LogP contribution in [0.2, 0.25) is 0 Å². The van der Waals surface area contributed by atoms with Crippen molar-refractivity contribution in [3.63, 3.8) is 0 Å². The SMILES string of the molecule is Cc1ccsc1C(=O)NC(CCO)C(C)C. The summed E-state index contributed by atoms with van der Waals surface area (Å²) in [4.78, 5) is 12.7. The van der Waals surface area contributed by atoms with Gasteiger partial charge >= 0.3 is 0 Å². The summed E-state index contributed by atoms with van der Waals surface area (Å²) in [6.45, 7) is 6.12. The average molecular weight is 241 g/mol. The van der Waals surface area contributed by atoms with Crippen molar-refractivity contribution in [1.82, 2.24) is 5.32 Å². The number of amides is 1. The number of aryl methyl sites for hydroxylation is 1. The molecule has 0 fully saturated rings. The lowest BCUT2D eigenvalue weighted by Crippen LogP contribution is -2.39. The summed E-state index contributed by atoms with van der Waals surface area (Å²) in [6.07, 6.45) is 0.605. The number of carbonyl (C=O) groups is 1. The summed E-state index contributed by atoms with van der Waals surface area (Å²) in [5.74, 6) is 0.302. The third kappa shape index (κ3) is 3.32. The first-order chi connectivity index (χ1) is 7.56. The molecule has 0 aliphatic rings. The molecule has 0 radical (unpaired) electrons. The van der Waals surface area contributed by atoms with Gasteiger partial charge in [0.25, 0.3) is 5.91 Å². The van der Waals surface area contributed by atoms with Crippen LogP contribution in [0, 0.1) is 12.8 Å². The van der Waals surface area contributed by atoms with Gasteiger partial charge in [-0.1, -0.05) is 13.8 Å². The van der Waals surface area contributed by atoms with E-state index in [0.717, 1.165) is 10.4 Å². The first-order valence-electron chi connectivity index (χ1n) is 5.52. The van der Waals surface area contributed by atoms with E-state index >= 15 is 0 Å². The van der Waals surface area contributed by atoms with E-state index in [1.807, 2.05) is 32.2 Å². The van der Waals surface area contributed by atoms with E-state index in [2.05, 4.69) is 5.32 Å². The van der Waals surface area contributed by atoms with Gasteiger partial charge in [-0.15, -0.1) is 11.3 Å². The molecule has 1 aromatic heterocycles. The van der Waals surface area contributed by atoms with Gasteiger partial charge in [-0.05, 0) is 36.3 Å². The monoisotopic (exact) mass is 241 g/mol. The summed E-state index contributed by atoms with van der Waals surface area (Å²) in [6, 6.07) is 1.98. The van der Waals surface area contributed by atoms with Crippen LogP contribution in [0.3, 0.4) is 0 Å². The quantitative estimate of drug-likeness (QED) is 0.830. The van der Waals surface area contributed by atoms with E-state index in [-0.39, 0.29) is 18.6 Å². The van der Waals surface area contributed by atoms with Crippen LogP contribution in [-0.4, -0.2) is 23.7 Å². The smallest absolute Gasteiger partial charge is 0.261 e. The van der Waals surface area contributed by atoms with Gasteiger partial charge in [-0.3, -0.25) is 4.79 Å². The first kappa shape index (κ1) is 13.2. The standard InChI is InChI=1S/C12H19NO2S/c1-8(2)10(4-6-14)13-12(15)11-9(3)5-7-16-11/h5,7-8,10,14H,4,6H2,1-3H3,(H,13,15). The van der Waals surface area contributed by atoms with Crippen molar-refractivity contribution in [1.29, 1.82) is 0 Å². The van der Waals surface area contributed by atoms with E-state index < -0.39 is 0 Å². The second-order valence-corrected chi connectivity index (χ2v) is 5.19. The number of carbonyl (C=O) groups excluding carboxylic acids is 1. The molecule has 1 heterocycles. The van der Waals surface area contributed by atoms with Crippen LogP contribution >= 0.6 is 11.3 Å². The molecular weight excluding hydrogens is 222 g/mol. The summed E-state index contributed by atoms with van der Waals surface area (Å²) < 4.78 is 0. The molecular formula is C12H19NO2S. The summed E-state index contributed by atoms with van der Waals surface area (Å²) in [5, 5.41) is 13.8. The fraction of sp³-hybridized carbons (Fsp3) is 0.583. The van der Waals surface area contributed by atoms with Gasteiger partial charge in [0.05, 0.1) is 4.88 Å². The Kier molecular flexibility index (Phi) is 4.96. The number of hydrogen-bond donors (Lipinski definition) is 2. The van der Waals surface area contributed by atoms with Gasteiger partial charge in [0.15, 0.2) is 0 Å². The minimum Gasteiger partial charge on any atom is -0.396 e. The minimum atomic E-state index is -0.0281. The largest absolute Gasteiger partial charge is 0.396 e. The molecule has 16 heavy (non-hydrogen) atoms. The number of rotatable bonds is 5. The van der Waals surface area contributed by atoms with Crippen molar-refractivity contribution < 1.29 is 9.90 Å². The van der Waals surface area contributed by atoms with Crippen molar-refractivity contribution in [2.75, 3.05) is 6.61 Å². The zero-order chi connectivity index (χ0) is 12.1. The molecule has 0 spiro atoms. The lowest BCUT2D eigenvalue weighted by molar-refractivity contribution is 0.0920. The van der Waals surface area contributed by atoms with Crippen LogP contribution < -0.4 is 5.32 Å². The Hall–Kier alpha value is -0.870. The summed E-state index contributed by atoms with van der Waals surface area (Å²) in [5.41, 5.74) is 1.01. The maximum atomic E-state index is 11.9. The van der Waals surface area contributed by atoms with Crippen LogP contribution in [0.15, 0.2) is 11.4 Å². The topological polar surface area (TPSA) is 49.3 Å². The van der Waals surface area contributed by atoms with Crippen molar-refractivity contribution in [2.24, 2.45) is 5.92 Å². The van der Waals surface area contributed by atoms with Crippen LogP contribution in [-0.2, 0) is 0 Å². The fourth-order valence-electron chi connectivity index (χ4n) is 1.55. The van der Waals surface area contributed by atoms with Gasteiger partial charge in [-0.2, -0.15) is 0 Å². The van der Waals surface area contributed by atoms with Crippen molar-refractivity contribution in [3.05, 3.63) is 21.9 Å². The molecule has 4 heteroatoms. The number of thiophene rings is 1.